The smallest absolute Gasteiger partial charge is 0.254 e. The predicted molar refractivity (Wildman–Crippen MR) is 122 cm³/mol. The minimum atomic E-state index is -0.390. The van der Waals surface area contributed by atoms with Crippen molar-refractivity contribution >= 4 is 40.6 Å². The van der Waals surface area contributed by atoms with Crippen LogP contribution in [-0.2, 0) is 9.59 Å². The lowest BCUT2D eigenvalue weighted by Crippen LogP contribution is -2.41. The van der Waals surface area contributed by atoms with E-state index in [0.717, 1.165) is 14.1 Å². The van der Waals surface area contributed by atoms with Gasteiger partial charge in [-0.05, 0) is 50.9 Å². The Balaban J connectivity index is 1.47. The van der Waals surface area contributed by atoms with Crippen molar-refractivity contribution in [2.45, 2.75) is 11.8 Å². The van der Waals surface area contributed by atoms with Crippen LogP contribution in [0.5, 0.6) is 0 Å². The Morgan fingerprint density at radius 2 is 1.13 bits per heavy atom. The molecule has 2 bridgehead atoms. The van der Waals surface area contributed by atoms with E-state index in [1.807, 2.05) is 48.5 Å². The molecule has 3 aromatic rings. The van der Waals surface area contributed by atoms with E-state index in [2.05, 4.69) is 52.0 Å². The van der Waals surface area contributed by atoms with Crippen molar-refractivity contribution in [2.24, 2.45) is 16.9 Å². The summed E-state index contributed by atoms with van der Waals surface area (Å²) < 4.78 is 1.02. The van der Waals surface area contributed by atoms with Gasteiger partial charge < -0.3 is 0 Å². The standard InChI is InChI=1S/C25H17IN2O2/c26-19-12-6-1-7-14(19)13-27-28-24(29)22-20-15-8-2-3-9-16(15)21(23(22)25(28)30)18-11-5-4-10-17(18)20/h1-13,20-23H/b27-13-/t20?,21?,22-,23-/m0/s1. The highest BCUT2D eigenvalue weighted by atomic mass is 127. The van der Waals surface area contributed by atoms with E-state index < -0.39 is 0 Å². The molecule has 7 rings (SSSR count). The van der Waals surface area contributed by atoms with Crippen molar-refractivity contribution in [1.82, 2.24) is 5.01 Å². The van der Waals surface area contributed by atoms with Gasteiger partial charge in [0.1, 0.15) is 0 Å². The number of halogens is 1. The first-order valence-corrected chi connectivity index (χ1v) is 11.1. The van der Waals surface area contributed by atoms with Crippen molar-refractivity contribution in [3.05, 3.63) is 104 Å². The van der Waals surface area contributed by atoms with Crippen LogP contribution in [0.1, 0.15) is 39.7 Å². The SMILES string of the molecule is O=C1[C@H]2C3c4ccccc4C(c4ccccc43)[C@@H]2C(=O)N1/N=C\c1ccccc1I. The molecule has 0 N–H and O–H groups in total. The Labute approximate surface area is 187 Å². The lowest BCUT2D eigenvalue weighted by molar-refractivity contribution is -0.139. The fourth-order valence-corrected chi connectivity index (χ4v) is 6.00. The highest BCUT2D eigenvalue weighted by Crippen LogP contribution is 2.60. The van der Waals surface area contributed by atoms with Crippen LogP contribution >= 0.6 is 22.6 Å². The normalized spacial score (nSPS) is 26.1. The number of nitrogens with zero attached hydrogens (tertiary/aromatic N) is 2. The molecule has 0 spiro atoms. The van der Waals surface area contributed by atoms with Crippen LogP contribution in [-0.4, -0.2) is 23.0 Å². The number of carbonyl (C=O) groups is 2. The van der Waals surface area contributed by atoms with Crippen LogP contribution in [0.3, 0.4) is 0 Å². The average molecular weight is 504 g/mol. The number of rotatable bonds is 2. The lowest BCUT2D eigenvalue weighted by Gasteiger charge is -2.45. The van der Waals surface area contributed by atoms with Crippen molar-refractivity contribution in [3.8, 4) is 0 Å². The summed E-state index contributed by atoms with van der Waals surface area (Å²) >= 11 is 2.23. The topological polar surface area (TPSA) is 49.7 Å². The molecule has 1 heterocycles. The zero-order valence-electron chi connectivity index (χ0n) is 15.9. The maximum atomic E-state index is 13.5. The first-order chi connectivity index (χ1) is 14.7. The van der Waals surface area contributed by atoms with Gasteiger partial charge >= 0.3 is 0 Å². The minimum Gasteiger partial charge on any atom is -0.272 e. The van der Waals surface area contributed by atoms with Gasteiger partial charge in [0.15, 0.2) is 0 Å². The number of hydrogen-bond donors (Lipinski definition) is 0. The van der Waals surface area contributed by atoms with Crippen LogP contribution in [0.25, 0.3) is 0 Å². The monoisotopic (exact) mass is 504 g/mol. The number of amides is 2. The van der Waals surface area contributed by atoms with E-state index in [-0.39, 0.29) is 35.5 Å². The van der Waals surface area contributed by atoms with Gasteiger partial charge in [-0.3, -0.25) is 9.59 Å². The van der Waals surface area contributed by atoms with E-state index in [0.29, 0.717) is 0 Å². The fraction of sp³-hybridized carbons (Fsp3) is 0.160. The largest absolute Gasteiger partial charge is 0.272 e. The van der Waals surface area contributed by atoms with Gasteiger partial charge in [-0.1, -0.05) is 66.7 Å². The number of benzene rings is 3. The molecular formula is C25H17IN2O2. The molecular weight excluding hydrogens is 487 g/mol. The molecule has 30 heavy (non-hydrogen) atoms. The summed E-state index contributed by atoms with van der Waals surface area (Å²) in [6, 6.07) is 24.3. The summed E-state index contributed by atoms with van der Waals surface area (Å²) in [5.41, 5.74) is 5.58. The van der Waals surface area contributed by atoms with Gasteiger partial charge in [-0.25, -0.2) is 0 Å². The van der Waals surface area contributed by atoms with Gasteiger partial charge in [0.05, 0.1) is 18.1 Å². The molecule has 146 valence electrons. The molecule has 2 atom stereocenters. The van der Waals surface area contributed by atoms with Crippen LogP contribution < -0.4 is 0 Å². The number of hydrogen-bond acceptors (Lipinski definition) is 3. The zero-order valence-corrected chi connectivity index (χ0v) is 18.1. The quantitative estimate of drug-likeness (QED) is 0.293. The number of carbonyl (C=O) groups excluding carboxylic acids is 2. The molecule has 4 aliphatic rings. The van der Waals surface area contributed by atoms with Gasteiger partial charge in [0.2, 0.25) is 0 Å². The van der Waals surface area contributed by atoms with Gasteiger partial charge in [-0.15, -0.1) is 0 Å². The summed E-state index contributed by atoms with van der Waals surface area (Å²) in [4.78, 5) is 26.9. The molecule has 1 saturated heterocycles. The fourth-order valence-electron chi connectivity index (χ4n) is 5.48. The minimum absolute atomic E-state index is 0.0964. The molecule has 4 nitrogen and oxygen atoms in total. The lowest BCUT2D eigenvalue weighted by atomic mass is 9.55. The maximum Gasteiger partial charge on any atom is 0.254 e. The molecule has 1 aliphatic heterocycles. The summed E-state index contributed by atoms with van der Waals surface area (Å²) in [5.74, 6) is -1.35. The molecule has 0 aromatic heterocycles. The Morgan fingerprint density at radius 1 is 0.700 bits per heavy atom. The highest BCUT2D eigenvalue weighted by molar-refractivity contribution is 14.1. The van der Waals surface area contributed by atoms with Crippen LogP contribution in [0.15, 0.2) is 77.9 Å². The highest BCUT2D eigenvalue weighted by Gasteiger charge is 2.61. The molecule has 0 radical (unpaired) electrons. The Morgan fingerprint density at radius 3 is 1.60 bits per heavy atom. The summed E-state index contributed by atoms with van der Waals surface area (Å²) in [7, 11) is 0. The van der Waals surface area contributed by atoms with Crippen LogP contribution in [0.2, 0.25) is 0 Å². The van der Waals surface area contributed by atoms with E-state index in [1.165, 1.54) is 22.3 Å². The third-order valence-electron chi connectivity index (χ3n) is 6.64. The summed E-state index contributed by atoms with van der Waals surface area (Å²) in [5, 5.41) is 5.49. The molecule has 1 fully saturated rings. The number of hydrazone groups is 1. The number of imide groups is 1. The van der Waals surface area contributed by atoms with Gasteiger partial charge in [-0.2, -0.15) is 10.1 Å². The summed E-state index contributed by atoms with van der Waals surface area (Å²) in [6.45, 7) is 0. The van der Waals surface area contributed by atoms with E-state index in [9.17, 15) is 9.59 Å². The summed E-state index contributed by atoms with van der Waals surface area (Å²) in [6.07, 6.45) is 1.62. The third kappa shape index (κ3) is 2.35. The molecule has 0 saturated carbocycles. The van der Waals surface area contributed by atoms with E-state index >= 15 is 0 Å². The first kappa shape index (κ1) is 18.0. The van der Waals surface area contributed by atoms with Crippen molar-refractivity contribution < 1.29 is 9.59 Å². The Hall–Kier alpha value is -2.80. The zero-order chi connectivity index (χ0) is 20.4. The maximum absolute atomic E-state index is 13.5. The van der Waals surface area contributed by atoms with Crippen LogP contribution in [0.4, 0.5) is 0 Å². The predicted octanol–water partition coefficient (Wildman–Crippen LogP) is 4.52. The first-order valence-electron chi connectivity index (χ1n) is 10.0. The van der Waals surface area contributed by atoms with Gasteiger partial charge in [0.25, 0.3) is 11.8 Å². The third-order valence-corrected chi connectivity index (χ3v) is 7.63. The Bertz CT molecular complexity index is 1140. The second-order valence-electron chi connectivity index (χ2n) is 8.02. The molecule has 3 aromatic carbocycles. The second kappa shape index (κ2) is 6.60. The molecule has 0 unspecified atom stereocenters. The van der Waals surface area contributed by atoms with E-state index in [1.54, 1.807) is 6.21 Å². The average Bonchev–Trinajstić information content (AvgIpc) is 3.04. The molecule has 2 amide bonds. The van der Waals surface area contributed by atoms with Crippen molar-refractivity contribution in [1.29, 1.82) is 0 Å². The van der Waals surface area contributed by atoms with Crippen molar-refractivity contribution in [2.75, 3.05) is 0 Å². The molecule has 5 heteroatoms. The van der Waals surface area contributed by atoms with E-state index in [4.69, 9.17) is 0 Å². The molecule has 3 aliphatic carbocycles. The Kier molecular flexibility index (Phi) is 3.96. The van der Waals surface area contributed by atoms with Crippen LogP contribution in [0, 0.1) is 15.4 Å². The van der Waals surface area contributed by atoms with Crippen molar-refractivity contribution in [3.63, 3.8) is 0 Å². The second-order valence-corrected chi connectivity index (χ2v) is 9.18. The van der Waals surface area contributed by atoms with Gasteiger partial charge in [0, 0.05) is 21.0 Å².